The van der Waals surface area contributed by atoms with Gasteiger partial charge in [-0.2, -0.15) is 13.2 Å². The Morgan fingerprint density at radius 2 is 2.06 bits per heavy atom. The first-order valence-electron chi connectivity index (χ1n) is 5.41. The average molecular weight is 266 g/mol. The lowest BCUT2D eigenvalue weighted by Crippen LogP contribution is -2.44. The molecule has 7 heteroatoms. The van der Waals surface area contributed by atoms with Gasteiger partial charge in [-0.1, -0.05) is 19.8 Å². The van der Waals surface area contributed by atoms with Gasteiger partial charge in [-0.15, -0.1) is 6.42 Å². The summed E-state index contributed by atoms with van der Waals surface area (Å²) < 4.78 is 39.4. The molecular formula is C11H17F3N2O2. The highest BCUT2D eigenvalue weighted by atomic mass is 19.4. The fourth-order valence-electron chi connectivity index (χ4n) is 1.02. The van der Waals surface area contributed by atoms with E-state index in [2.05, 4.69) is 21.3 Å². The molecular weight excluding hydrogens is 249 g/mol. The van der Waals surface area contributed by atoms with E-state index in [0.717, 1.165) is 0 Å². The van der Waals surface area contributed by atoms with Crippen LogP contribution in [0.4, 0.5) is 18.0 Å². The van der Waals surface area contributed by atoms with E-state index < -0.39 is 24.9 Å². The van der Waals surface area contributed by atoms with Gasteiger partial charge in [0, 0.05) is 6.54 Å². The van der Waals surface area contributed by atoms with E-state index in [9.17, 15) is 18.0 Å². The fourth-order valence-corrected chi connectivity index (χ4v) is 1.02. The van der Waals surface area contributed by atoms with Crippen molar-refractivity contribution in [1.29, 1.82) is 0 Å². The summed E-state index contributed by atoms with van der Waals surface area (Å²) in [4.78, 5) is 11.3. The van der Waals surface area contributed by atoms with E-state index >= 15 is 0 Å². The minimum Gasteiger partial charge on any atom is -0.370 e. The molecule has 0 saturated heterocycles. The van der Waals surface area contributed by atoms with Crippen LogP contribution in [0.3, 0.4) is 0 Å². The van der Waals surface area contributed by atoms with Crippen molar-refractivity contribution < 1.29 is 22.7 Å². The molecule has 0 bridgehead atoms. The number of hydrogen-bond acceptors (Lipinski definition) is 2. The highest BCUT2D eigenvalue weighted by molar-refractivity contribution is 5.74. The minimum atomic E-state index is -4.35. The quantitative estimate of drug-likeness (QED) is 0.565. The largest absolute Gasteiger partial charge is 0.411 e. The third-order valence-electron chi connectivity index (χ3n) is 1.93. The molecule has 18 heavy (non-hydrogen) atoms. The first kappa shape index (κ1) is 16.6. The van der Waals surface area contributed by atoms with Gasteiger partial charge in [0.25, 0.3) is 0 Å². The highest BCUT2D eigenvalue weighted by Crippen LogP contribution is 2.13. The fraction of sp³-hybridized carbons (Fsp3) is 0.727. The van der Waals surface area contributed by atoms with E-state index in [1.54, 1.807) is 0 Å². The second kappa shape index (κ2) is 7.82. The van der Waals surface area contributed by atoms with Crippen LogP contribution in [0.1, 0.15) is 13.8 Å². The van der Waals surface area contributed by atoms with Crippen LogP contribution in [-0.2, 0) is 4.74 Å². The van der Waals surface area contributed by atoms with Crippen LogP contribution < -0.4 is 10.6 Å². The summed E-state index contributed by atoms with van der Waals surface area (Å²) in [6.45, 7) is 2.14. The van der Waals surface area contributed by atoms with Crippen LogP contribution in [0.2, 0.25) is 0 Å². The van der Waals surface area contributed by atoms with Crippen molar-refractivity contribution in [3.8, 4) is 12.3 Å². The van der Waals surface area contributed by atoms with Gasteiger partial charge in [0.2, 0.25) is 0 Å². The minimum absolute atomic E-state index is 0.0166. The van der Waals surface area contributed by atoms with E-state index in [0.29, 0.717) is 0 Å². The average Bonchev–Trinajstić information content (AvgIpc) is 2.23. The zero-order valence-electron chi connectivity index (χ0n) is 10.3. The van der Waals surface area contributed by atoms with Crippen LogP contribution in [0.15, 0.2) is 0 Å². The molecule has 2 amide bonds. The molecule has 0 spiro atoms. The summed E-state index contributed by atoms with van der Waals surface area (Å²) in [5.41, 5.74) is 0. The van der Waals surface area contributed by atoms with Gasteiger partial charge < -0.3 is 15.4 Å². The summed E-state index contributed by atoms with van der Waals surface area (Å²) in [5, 5.41) is 4.86. The van der Waals surface area contributed by atoms with Crippen LogP contribution in [0, 0.1) is 18.3 Å². The Morgan fingerprint density at radius 3 is 2.50 bits per heavy atom. The van der Waals surface area contributed by atoms with E-state index in [4.69, 9.17) is 6.42 Å². The molecule has 0 heterocycles. The first-order chi connectivity index (χ1) is 8.26. The topological polar surface area (TPSA) is 50.4 Å². The number of alkyl halides is 3. The third kappa shape index (κ3) is 8.70. The Morgan fingerprint density at radius 1 is 1.44 bits per heavy atom. The number of nitrogens with one attached hydrogen (secondary N) is 2. The van der Waals surface area contributed by atoms with E-state index in [-0.39, 0.29) is 19.1 Å². The normalized spacial score (nSPS) is 12.9. The third-order valence-corrected chi connectivity index (χ3v) is 1.93. The highest BCUT2D eigenvalue weighted by Gasteiger charge is 2.27. The molecule has 0 aliphatic rings. The van der Waals surface area contributed by atoms with Crippen molar-refractivity contribution >= 4 is 6.03 Å². The molecule has 0 fully saturated rings. The van der Waals surface area contributed by atoms with Crippen molar-refractivity contribution in [3.05, 3.63) is 0 Å². The standard InChI is InChI=1S/C11H17F3N2O2/c1-4-9(8(2)3)16-10(17)15-5-6-18-7-11(12,13)14/h1,8-9H,5-7H2,2-3H3,(H2,15,16,17)/t9-/m0/s1. The summed E-state index contributed by atoms with van der Waals surface area (Å²) in [5.74, 6) is 2.47. The van der Waals surface area contributed by atoms with Gasteiger partial charge >= 0.3 is 12.2 Å². The second-order valence-corrected chi connectivity index (χ2v) is 3.96. The van der Waals surface area contributed by atoms with E-state index in [1.165, 1.54) is 0 Å². The number of carbonyl (C=O) groups is 1. The number of halogens is 3. The molecule has 4 nitrogen and oxygen atoms in total. The lowest BCUT2D eigenvalue weighted by molar-refractivity contribution is -0.173. The number of carbonyl (C=O) groups excluding carboxylic acids is 1. The molecule has 0 aromatic heterocycles. The van der Waals surface area contributed by atoms with Crippen molar-refractivity contribution in [2.45, 2.75) is 26.1 Å². The van der Waals surface area contributed by atoms with Gasteiger partial charge in [-0.25, -0.2) is 4.79 Å². The summed E-state index contributed by atoms with van der Waals surface area (Å²) in [6, 6.07) is -0.941. The van der Waals surface area contributed by atoms with Gasteiger partial charge in [-0.3, -0.25) is 0 Å². The number of ether oxygens (including phenoxy) is 1. The number of hydrogen-bond donors (Lipinski definition) is 2. The predicted molar refractivity (Wildman–Crippen MR) is 60.9 cm³/mol. The second-order valence-electron chi connectivity index (χ2n) is 3.96. The lowest BCUT2D eigenvalue weighted by Gasteiger charge is -2.17. The first-order valence-corrected chi connectivity index (χ1v) is 5.41. The lowest BCUT2D eigenvalue weighted by atomic mass is 10.1. The molecule has 0 aliphatic carbocycles. The Labute approximate surface area is 104 Å². The summed E-state index contributed by atoms with van der Waals surface area (Å²) in [7, 11) is 0. The van der Waals surface area contributed by atoms with Gasteiger partial charge in [0.05, 0.1) is 12.6 Å². The molecule has 0 rings (SSSR count). The molecule has 0 aromatic carbocycles. The predicted octanol–water partition coefficient (Wildman–Crippen LogP) is 1.52. The van der Waals surface area contributed by atoms with Crippen molar-refractivity contribution in [1.82, 2.24) is 10.6 Å². The summed E-state index contributed by atoms with van der Waals surface area (Å²) >= 11 is 0. The molecule has 0 aliphatic heterocycles. The van der Waals surface area contributed by atoms with Crippen molar-refractivity contribution in [3.63, 3.8) is 0 Å². The van der Waals surface area contributed by atoms with Crippen LogP contribution in [0.25, 0.3) is 0 Å². The monoisotopic (exact) mass is 266 g/mol. The van der Waals surface area contributed by atoms with E-state index in [1.807, 2.05) is 13.8 Å². The molecule has 1 atom stereocenters. The van der Waals surface area contributed by atoms with Crippen LogP contribution >= 0.6 is 0 Å². The number of amides is 2. The Hall–Kier alpha value is -1.42. The Bertz CT molecular complexity index is 298. The molecule has 0 saturated carbocycles. The number of urea groups is 1. The molecule has 0 unspecified atom stereocenters. The van der Waals surface area contributed by atoms with Crippen molar-refractivity contribution in [2.24, 2.45) is 5.92 Å². The number of terminal acetylenes is 1. The maximum atomic E-state index is 11.7. The maximum absolute atomic E-state index is 11.7. The molecule has 0 aromatic rings. The van der Waals surface area contributed by atoms with Crippen LogP contribution in [0.5, 0.6) is 0 Å². The SMILES string of the molecule is C#C[C@H](NC(=O)NCCOCC(F)(F)F)C(C)C. The maximum Gasteiger partial charge on any atom is 0.411 e. The van der Waals surface area contributed by atoms with Gasteiger partial charge in [-0.05, 0) is 5.92 Å². The van der Waals surface area contributed by atoms with Crippen LogP contribution in [-0.4, -0.2) is 38.0 Å². The smallest absolute Gasteiger partial charge is 0.370 e. The molecule has 2 N–H and O–H groups in total. The number of rotatable bonds is 6. The molecule has 104 valence electrons. The Balaban J connectivity index is 3.69. The summed E-state index contributed by atoms with van der Waals surface area (Å²) in [6.07, 6.45) is 0.851. The zero-order chi connectivity index (χ0) is 14.2. The van der Waals surface area contributed by atoms with Crippen molar-refractivity contribution in [2.75, 3.05) is 19.8 Å². The Kier molecular flexibility index (Phi) is 7.20. The zero-order valence-corrected chi connectivity index (χ0v) is 10.3. The van der Waals surface area contributed by atoms with Gasteiger partial charge in [0.1, 0.15) is 6.61 Å². The molecule has 0 radical (unpaired) electrons. The van der Waals surface area contributed by atoms with Gasteiger partial charge in [0.15, 0.2) is 0 Å².